The zero-order valence-electron chi connectivity index (χ0n) is 11.4. The summed E-state index contributed by atoms with van der Waals surface area (Å²) in [5.41, 5.74) is 0.208. The average molecular weight is 303 g/mol. The van der Waals surface area contributed by atoms with Crippen LogP contribution in [0.4, 0.5) is 13.2 Å². The molecule has 116 valence electrons. The van der Waals surface area contributed by atoms with E-state index in [1.807, 2.05) is 0 Å². The topological polar surface area (TPSA) is 48.4 Å². The van der Waals surface area contributed by atoms with Crippen molar-refractivity contribution >= 4 is 5.97 Å². The minimum absolute atomic E-state index is 0.0765. The summed E-state index contributed by atoms with van der Waals surface area (Å²) in [6.07, 6.45) is 1.61. The Morgan fingerprint density at radius 3 is 2.52 bits per heavy atom. The third kappa shape index (κ3) is 5.24. The van der Waals surface area contributed by atoms with E-state index < -0.39 is 18.8 Å². The van der Waals surface area contributed by atoms with Crippen LogP contribution in [-0.4, -0.2) is 29.8 Å². The largest absolute Gasteiger partial charge is 0.468 e. The predicted octanol–water partition coefficient (Wildman–Crippen LogP) is 3.51. The Balaban J connectivity index is 1.87. The van der Waals surface area contributed by atoms with Crippen molar-refractivity contribution in [1.82, 2.24) is 4.98 Å². The molecule has 0 N–H and O–H groups in total. The molecule has 1 aliphatic carbocycles. The molecule has 0 aromatic carbocycles. The van der Waals surface area contributed by atoms with Crippen LogP contribution in [0.25, 0.3) is 0 Å². The SMILES string of the molecule is O=C(OC1CCCCC1)c1ccc(OCC(F)(F)F)nc1. The van der Waals surface area contributed by atoms with Crippen molar-refractivity contribution < 1.29 is 27.4 Å². The molecule has 4 nitrogen and oxygen atoms in total. The van der Waals surface area contributed by atoms with Crippen molar-refractivity contribution in [3.8, 4) is 5.88 Å². The van der Waals surface area contributed by atoms with Gasteiger partial charge in [0, 0.05) is 12.3 Å². The summed E-state index contributed by atoms with van der Waals surface area (Å²) in [4.78, 5) is 15.5. The Kier molecular flexibility index (Phi) is 5.03. The lowest BCUT2D eigenvalue weighted by Gasteiger charge is -2.21. The third-order valence-corrected chi connectivity index (χ3v) is 3.18. The number of hydrogen-bond acceptors (Lipinski definition) is 4. The first kappa shape index (κ1) is 15.6. The zero-order chi connectivity index (χ0) is 15.3. The van der Waals surface area contributed by atoms with Crippen LogP contribution in [0.2, 0.25) is 0 Å². The number of aromatic nitrogens is 1. The van der Waals surface area contributed by atoms with E-state index in [0.29, 0.717) is 0 Å². The maximum atomic E-state index is 12.0. The Morgan fingerprint density at radius 1 is 1.24 bits per heavy atom. The first-order valence-corrected chi connectivity index (χ1v) is 6.80. The van der Waals surface area contributed by atoms with E-state index in [0.717, 1.165) is 38.3 Å². The second-order valence-electron chi connectivity index (χ2n) is 4.95. The fourth-order valence-corrected chi connectivity index (χ4v) is 2.14. The van der Waals surface area contributed by atoms with Gasteiger partial charge in [0.05, 0.1) is 5.56 Å². The van der Waals surface area contributed by atoms with Gasteiger partial charge in [-0.15, -0.1) is 0 Å². The summed E-state index contributed by atoms with van der Waals surface area (Å²) in [5, 5.41) is 0. The number of esters is 1. The summed E-state index contributed by atoms with van der Waals surface area (Å²) in [7, 11) is 0. The number of carbonyl (C=O) groups is 1. The van der Waals surface area contributed by atoms with Crippen molar-refractivity contribution in [2.45, 2.75) is 44.4 Å². The molecule has 0 atom stereocenters. The highest BCUT2D eigenvalue weighted by molar-refractivity contribution is 5.89. The predicted molar refractivity (Wildman–Crippen MR) is 68.1 cm³/mol. The van der Waals surface area contributed by atoms with Crippen molar-refractivity contribution in [1.29, 1.82) is 0 Å². The minimum atomic E-state index is -4.42. The van der Waals surface area contributed by atoms with Gasteiger partial charge >= 0.3 is 12.1 Å². The Bertz CT molecular complexity index is 467. The first-order chi connectivity index (χ1) is 9.94. The molecule has 0 radical (unpaired) electrons. The van der Waals surface area contributed by atoms with Gasteiger partial charge in [-0.05, 0) is 31.7 Å². The molecule has 21 heavy (non-hydrogen) atoms. The lowest BCUT2D eigenvalue weighted by atomic mass is 9.98. The van der Waals surface area contributed by atoms with E-state index in [-0.39, 0.29) is 17.5 Å². The van der Waals surface area contributed by atoms with Crippen molar-refractivity contribution in [2.24, 2.45) is 0 Å². The summed E-state index contributed by atoms with van der Waals surface area (Å²) in [6, 6.07) is 2.58. The second kappa shape index (κ2) is 6.78. The molecule has 0 bridgehead atoms. The molecule has 1 heterocycles. The van der Waals surface area contributed by atoms with Gasteiger partial charge in [0.25, 0.3) is 0 Å². The fraction of sp³-hybridized carbons (Fsp3) is 0.571. The van der Waals surface area contributed by atoms with E-state index in [4.69, 9.17) is 4.74 Å². The van der Waals surface area contributed by atoms with Gasteiger partial charge in [-0.2, -0.15) is 13.2 Å². The Hall–Kier alpha value is -1.79. The quantitative estimate of drug-likeness (QED) is 0.799. The van der Waals surface area contributed by atoms with Gasteiger partial charge in [-0.25, -0.2) is 9.78 Å². The molecule has 2 rings (SSSR count). The Labute approximate surface area is 120 Å². The van der Waals surface area contributed by atoms with E-state index in [9.17, 15) is 18.0 Å². The van der Waals surface area contributed by atoms with Gasteiger partial charge < -0.3 is 9.47 Å². The number of hydrogen-bond donors (Lipinski definition) is 0. The van der Waals surface area contributed by atoms with Crippen molar-refractivity contribution in [3.05, 3.63) is 23.9 Å². The standard InChI is InChI=1S/C14H16F3NO3/c15-14(16,17)9-20-12-7-6-10(8-18-12)13(19)21-11-4-2-1-3-5-11/h6-8,11H,1-5,9H2. The highest BCUT2D eigenvalue weighted by Crippen LogP contribution is 2.22. The molecule has 1 aromatic rings. The van der Waals surface area contributed by atoms with Gasteiger partial charge in [-0.3, -0.25) is 0 Å². The number of pyridine rings is 1. The number of carbonyl (C=O) groups excluding carboxylic acids is 1. The van der Waals surface area contributed by atoms with E-state index in [2.05, 4.69) is 9.72 Å². The zero-order valence-corrected chi connectivity index (χ0v) is 11.4. The van der Waals surface area contributed by atoms with Crippen LogP contribution in [0.15, 0.2) is 18.3 Å². The van der Waals surface area contributed by atoms with Gasteiger partial charge in [0.15, 0.2) is 6.61 Å². The number of rotatable bonds is 4. The maximum absolute atomic E-state index is 12.0. The van der Waals surface area contributed by atoms with Crippen molar-refractivity contribution in [2.75, 3.05) is 6.61 Å². The number of halogens is 3. The molecule has 1 fully saturated rings. The van der Waals surface area contributed by atoms with Gasteiger partial charge in [-0.1, -0.05) is 6.42 Å². The Morgan fingerprint density at radius 2 is 1.95 bits per heavy atom. The van der Waals surface area contributed by atoms with Gasteiger partial charge in [0.1, 0.15) is 6.10 Å². The van der Waals surface area contributed by atoms with Crippen LogP contribution in [0.1, 0.15) is 42.5 Å². The molecule has 1 saturated carbocycles. The lowest BCUT2D eigenvalue weighted by Crippen LogP contribution is -2.21. The van der Waals surface area contributed by atoms with Crippen LogP contribution in [0, 0.1) is 0 Å². The van der Waals surface area contributed by atoms with Crippen LogP contribution >= 0.6 is 0 Å². The number of nitrogens with zero attached hydrogens (tertiary/aromatic N) is 1. The lowest BCUT2D eigenvalue weighted by molar-refractivity contribution is -0.154. The molecule has 0 spiro atoms. The third-order valence-electron chi connectivity index (χ3n) is 3.18. The molecular weight excluding hydrogens is 287 g/mol. The monoisotopic (exact) mass is 303 g/mol. The second-order valence-corrected chi connectivity index (χ2v) is 4.95. The van der Waals surface area contributed by atoms with Gasteiger partial charge in [0.2, 0.25) is 5.88 Å². The fourth-order valence-electron chi connectivity index (χ4n) is 2.14. The smallest absolute Gasteiger partial charge is 0.422 e. The normalized spacial score (nSPS) is 16.5. The molecule has 0 saturated heterocycles. The summed E-state index contributed by atoms with van der Waals surface area (Å²) in [6.45, 7) is -1.41. The average Bonchev–Trinajstić information content (AvgIpc) is 2.46. The molecule has 1 aromatic heterocycles. The molecule has 0 aliphatic heterocycles. The van der Waals surface area contributed by atoms with Crippen LogP contribution < -0.4 is 4.74 Å². The van der Waals surface area contributed by atoms with Crippen LogP contribution in [0.3, 0.4) is 0 Å². The van der Waals surface area contributed by atoms with E-state index in [1.165, 1.54) is 12.1 Å². The molecule has 0 unspecified atom stereocenters. The number of alkyl halides is 3. The highest BCUT2D eigenvalue weighted by atomic mass is 19.4. The maximum Gasteiger partial charge on any atom is 0.422 e. The van der Waals surface area contributed by atoms with E-state index >= 15 is 0 Å². The molecule has 1 aliphatic rings. The molecule has 0 amide bonds. The number of ether oxygens (including phenoxy) is 2. The molecular formula is C14H16F3NO3. The van der Waals surface area contributed by atoms with Crippen LogP contribution in [0.5, 0.6) is 5.88 Å². The summed E-state index contributed by atoms with van der Waals surface area (Å²) >= 11 is 0. The van der Waals surface area contributed by atoms with E-state index in [1.54, 1.807) is 0 Å². The van der Waals surface area contributed by atoms with Crippen molar-refractivity contribution in [3.63, 3.8) is 0 Å². The highest BCUT2D eigenvalue weighted by Gasteiger charge is 2.28. The first-order valence-electron chi connectivity index (χ1n) is 6.80. The summed E-state index contributed by atoms with van der Waals surface area (Å²) < 4.78 is 45.7. The summed E-state index contributed by atoms with van der Waals surface area (Å²) in [5.74, 6) is -0.682. The molecule has 7 heteroatoms. The van der Waals surface area contributed by atoms with Crippen LogP contribution in [-0.2, 0) is 4.74 Å². The minimum Gasteiger partial charge on any atom is -0.468 e.